The second-order valence-electron chi connectivity index (χ2n) is 1.95. The van der Waals surface area contributed by atoms with E-state index in [1.165, 1.54) is 12.4 Å². The van der Waals surface area contributed by atoms with E-state index < -0.39 is 0 Å². The fourth-order valence-electron chi connectivity index (χ4n) is 0.662. The van der Waals surface area contributed by atoms with Gasteiger partial charge in [0.15, 0.2) is 0 Å². The smallest absolute Gasteiger partial charge is 0.232 e. The second-order valence-corrected chi connectivity index (χ2v) is 2.29. The van der Waals surface area contributed by atoms with E-state index in [1.54, 1.807) is 0 Å². The van der Waals surface area contributed by atoms with Crippen LogP contribution in [0.1, 0.15) is 0 Å². The predicted octanol–water partition coefficient (Wildman–Crippen LogP) is 1.64. The first kappa shape index (κ1) is 9.47. The molecule has 0 aliphatic rings. The summed E-state index contributed by atoms with van der Waals surface area (Å²) < 4.78 is 0. The lowest BCUT2D eigenvalue weighted by Crippen LogP contribution is -2.02. The van der Waals surface area contributed by atoms with Crippen LogP contribution in [-0.2, 0) is 0 Å². The van der Waals surface area contributed by atoms with Gasteiger partial charge in [-0.05, 0) is 24.0 Å². The van der Waals surface area contributed by atoms with Gasteiger partial charge in [0.1, 0.15) is 0 Å². The molecule has 0 aliphatic carbocycles. The summed E-state index contributed by atoms with van der Waals surface area (Å²) in [6.07, 6.45) is 2.90. The van der Waals surface area contributed by atoms with Gasteiger partial charge in [0.2, 0.25) is 17.2 Å². The molecule has 0 unspecified atom stereocenters. The Hall–Kier alpha value is -1.62. The first-order valence-electron chi connectivity index (χ1n) is 3.42. The van der Waals surface area contributed by atoms with Crippen molar-refractivity contribution < 1.29 is 0 Å². The molecule has 6 heteroatoms. The van der Waals surface area contributed by atoms with Gasteiger partial charge in [-0.15, -0.1) is 0 Å². The molecule has 68 valence electrons. The zero-order valence-corrected chi connectivity index (χ0v) is 7.54. The zero-order chi connectivity index (χ0) is 9.68. The lowest BCUT2D eigenvalue weighted by molar-refractivity contribution is 1.06. The van der Waals surface area contributed by atoms with Crippen LogP contribution in [0, 0.1) is 0 Å². The van der Waals surface area contributed by atoms with E-state index in [0.29, 0.717) is 11.9 Å². The summed E-state index contributed by atoms with van der Waals surface area (Å²) in [5, 5.41) is 5.48. The van der Waals surface area contributed by atoms with Crippen molar-refractivity contribution in [2.24, 2.45) is 0 Å². The maximum absolute atomic E-state index is 5.61. The highest BCUT2D eigenvalue weighted by Crippen LogP contribution is 2.08. The molecule has 0 spiro atoms. The van der Waals surface area contributed by atoms with Crippen molar-refractivity contribution in [3.05, 3.63) is 30.8 Å². The quantitative estimate of drug-likeness (QED) is 0.768. The number of anilines is 2. The van der Waals surface area contributed by atoms with Crippen molar-refractivity contribution in [2.75, 3.05) is 10.6 Å². The highest BCUT2D eigenvalue weighted by atomic mass is 35.5. The molecule has 1 heterocycles. The first-order valence-corrected chi connectivity index (χ1v) is 3.80. The Morgan fingerprint density at radius 3 is 1.85 bits per heavy atom. The third kappa shape index (κ3) is 2.72. The normalized spacial score (nSPS) is 9.00. The average molecular weight is 198 g/mol. The molecule has 1 aromatic heterocycles. The van der Waals surface area contributed by atoms with E-state index in [9.17, 15) is 0 Å². The monoisotopic (exact) mass is 197 g/mol. The Morgan fingerprint density at radius 2 is 1.46 bits per heavy atom. The molecule has 1 aromatic rings. The van der Waals surface area contributed by atoms with Crippen LogP contribution >= 0.6 is 11.6 Å². The van der Waals surface area contributed by atoms with Gasteiger partial charge in [0.25, 0.3) is 0 Å². The molecule has 0 fully saturated rings. The first-order chi connectivity index (χ1) is 6.26. The van der Waals surface area contributed by atoms with E-state index in [2.05, 4.69) is 38.7 Å². The van der Waals surface area contributed by atoms with Gasteiger partial charge in [-0.1, -0.05) is 13.2 Å². The topological polar surface area (TPSA) is 62.7 Å². The minimum absolute atomic E-state index is 0.101. The minimum Gasteiger partial charge on any atom is -0.331 e. The molecule has 0 saturated heterocycles. The highest BCUT2D eigenvalue weighted by molar-refractivity contribution is 6.28. The summed E-state index contributed by atoms with van der Waals surface area (Å²) in [6.45, 7) is 6.93. The molecular formula is C7H8ClN5. The van der Waals surface area contributed by atoms with E-state index in [1.807, 2.05) is 0 Å². The van der Waals surface area contributed by atoms with Crippen LogP contribution in [-0.4, -0.2) is 15.0 Å². The molecule has 13 heavy (non-hydrogen) atoms. The maximum atomic E-state index is 5.61. The highest BCUT2D eigenvalue weighted by Gasteiger charge is 2.01. The van der Waals surface area contributed by atoms with Crippen LogP contribution in [0.2, 0.25) is 5.28 Å². The molecule has 0 saturated carbocycles. The summed E-state index contributed by atoms with van der Waals surface area (Å²) in [4.78, 5) is 11.5. The van der Waals surface area contributed by atoms with Crippen LogP contribution in [0.25, 0.3) is 0 Å². The van der Waals surface area contributed by atoms with Crippen molar-refractivity contribution in [1.82, 2.24) is 15.0 Å². The standard InChI is InChI=1S/C7H8ClN5/c1-3-9-6-11-5(8)12-7(13-6)10-4-2/h3-4H,1-2H2,(H2,9,10,11,12,13). The van der Waals surface area contributed by atoms with Crippen LogP contribution in [0.4, 0.5) is 11.9 Å². The molecule has 0 bridgehead atoms. The van der Waals surface area contributed by atoms with Crippen molar-refractivity contribution in [3.8, 4) is 0 Å². The number of hydrogen-bond donors (Lipinski definition) is 2. The third-order valence-electron chi connectivity index (χ3n) is 1.07. The Kier molecular flexibility index (Phi) is 3.22. The predicted molar refractivity (Wildman–Crippen MR) is 52.5 cm³/mol. The van der Waals surface area contributed by atoms with Crippen molar-refractivity contribution >= 4 is 23.5 Å². The summed E-state index contributed by atoms with van der Waals surface area (Å²) in [7, 11) is 0. The van der Waals surface area contributed by atoms with Crippen LogP contribution in [0.3, 0.4) is 0 Å². The lowest BCUT2D eigenvalue weighted by Gasteiger charge is -2.01. The average Bonchev–Trinajstić information content (AvgIpc) is 2.04. The lowest BCUT2D eigenvalue weighted by atomic mass is 10.8. The van der Waals surface area contributed by atoms with Gasteiger partial charge >= 0.3 is 0 Å². The number of hydrogen-bond acceptors (Lipinski definition) is 5. The molecule has 1 rings (SSSR count). The van der Waals surface area contributed by atoms with Crippen molar-refractivity contribution in [2.45, 2.75) is 0 Å². The van der Waals surface area contributed by atoms with Crippen molar-refractivity contribution in [1.29, 1.82) is 0 Å². The van der Waals surface area contributed by atoms with Gasteiger partial charge in [-0.3, -0.25) is 0 Å². The largest absolute Gasteiger partial charge is 0.331 e. The summed E-state index contributed by atoms with van der Waals surface area (Å²) >= 11 is 5.61. The van der Waals surface area contributed by atoms with Gasteiger partial charge < -0.3 is 10.6 Å². The number of rotatable bonds is 4. The number of nitrogens with one attached hydrogen (secondary N) is 2. The molecule has 0 atom stereocenters. The summed E-state index contributed by atoms with van der Waals surface area (Å²) in [5.41, 5.74) is 0. The van der Waals surface area contributed by atoms with Gasteiger partial charge in [-0.25, -0.2) is 0 Å². The SMILES string of the molecule is C=CNc1nc(Cl)nc(NC=C)n1. The Bertz CT molecular complexity index is 296. The van der Waals surface area contributed by atoms with Gasteiger partial charge in [0.05, 0.1) is 0 Å². The van der Waals surface area contributed by atoms with E-state index in [-0.39, 0.29) is 5.28 Å². The summed E-state index contributed by atoms with van der Waals surface area (Å²) in [6, 6.07) is 0. The number of nitrogens with zero attached hydrogens (tertiary/aromatic N) is 3. The van der Waals surface area contributed by atoms with E-state index in [4.69, 9.17) is 11.6 Å². The minimum atomic E-state index is 0.101. The second kappa shape index (κ2) is 4.42. The molecule has 0 radical (unpaired) electrons. The Morgan fingerprint density at radius 1 is 1.00 bits per heavy atom. The molecule has 2 N–H and O–H groups in total. The Balaban J connectivity index is 2.95. The zero-order valence-electron chi connectivity index (χ0n) is 6.79. The van der Waals surface area contributed by atoms with Crippen LogP contribution < -0.4 is 10.6 Å². The molecular weight excluding hydrogens is 190 g/mol. The molecule has 0 aromatic carbocycles. The molecule has 0 aliphatic heterocycles. The van der Waals surface area contributed by atoms with Gasteiger partial charge in [-0.2, -0.15) is 15.0 Å². The van der Waals surface area contributed by atoms with Crippen molar-refractivity contribution in [3.63, 3.8) is 0 Å². The van der Waals surface area contributed by atoms with E-state index >= 15 is 0 Å². The fourth-order valence-corrected chi connectivity index (χ4v) is 0.822. The van der Waals surface area contributed by atoms with Gasteiger partial charge in [0, 0.05) is 0 Å². The molecule has 0 amide bonds. The number of halogens is 1. The fraction of sp³-hybridized carbons (Fsp3) is 0. The summed E-state index contributed by atoms with van der Waals surface area (Å²) in [5.74, 6) is 0.665. The molecule has 5 nitrogen and oxygen atoms in total. The van der Waals surface area contributed by atoms with Crippen LogP contribution in [0.15, 0.2) is 25.6 Å². The van der Waals surface area contributed by atoms with E-state index in [0.717, 1.165) is 0 Å². The maximum Gasteiger partial charge on any atom is 0.232 e. The third-order valence-corrected chi connectivity index (χ3v) is 1.24. The number of aromatic nitrogens is 3. The van der Waals surface area contributed by atoms with Crippen LogP contribution in [0.5, 0.6) is 0 Å². The Labute approximate surface area is 80.6 Å².